The molecule has 1 saturated heterocycles. The Morgan fingerprint density at radius 2 is 1.76 bits per heavy atom. The lowest BCUT2D eigenvalue weighted by atomic mass is 9.93. The minimum atomic E-state index is 0.128. The fourth-order valence-corrected chi connectivity index (χ4v) is 4.49. The first-order chi connectivity index (χ1) is 14.2. The van der Waals surface area contributed by atoms with Crippen LogP contribution in [0.2, 0.25) is 0 Å². The Morgan fingerprint density at radius 1 is 1.03 bits per heavy atom. The molecule has 0 saturated carbocycles. The topological polar surface area (TPSA) is 37.3 Å². The Morgan fingerprint density at radius 3 is 2.55 bits per heavy atom. The number of carbonyl (C=O) groups excluding carboxylic acids is 1. The summed E-state index contributed by atoms with van der Waals surface area (Å²) in [5, 5.41) is 4.32. The van der Waals surface area contributed by atoms with Crippen molar-refractivity contribution in [2.75, 3.05) is 19.6 Å². The van der Waals surface area contributed by atoms with Gasteiger partial charge in [-0.25, -0.2) is 0 Å². The van der Waals surface area contributed by atoms with E-state index in [0.717, 1.165) is 44.1 Å². The molecule has 2 heterocycles. The molecule has 1 aliphatic rings. The molecule has 1 amide bonds. The zero-order valence-electron chi connectivity index (χ0n) is 17.3. The summed E-state index contributed by atoms with van der Waals surface area (Å²) in [5.41, 5.74) is 3.68. The van der Waals surface area contributed by atoms with E-state index in [1.54, 1.807) is 0 Å². The van der Waals surface area contributed by atoms with Crippen LogP contribution in [0.1, 0.15) is 30.4 Å². The van der Waals surface area contributed by atoms with Crippen LogP contribution >= 0.6 is 0 Å². The van der Waals surface area contributed by atoms with Gasteiger partial charge in [0, 0.05) is 37.2 Å². The van der Waals surface area contributed by atoms with Crippen molar-refractivity contribution in [3.63, 3.8) is 0 Å². The van der Waals surface area contributed by atoms with Crippen LogP contribution < -0.4 is 5.32 Å². The molecule has 4 heteroatoms. The zero-order valence-corrected chi connectivity index (χ0v) is 17.3. The Labute approximate surface area is 173 Å². The normalized spacial score (nSPS) is 15.6. The van der Waals surface area contributed by atoms with Crippen molar-refractivity contribution < 1.29 is 4.79 Å². The summed E-state index contributed by atoms with van der Waals surface area (Å²) in [6.07, 6.45) is 6.07. The highest BCUT2D eigenvalue weighted by atomic mass is 16.1. The summed E-state index contributed by atoms with van der Waals surface area (Å²) in [5.74, 6) is 0.850. The number of piperidine rings is 1. The molecule has 1 N–H and O–H groups in total. The average molecular weight is 390 g/mol. The summed E-state index contributed by atoms with van der Waals surface area (Å²) in [6, 6.07) is 19.0. The van der Waals surface area contributed by atoms with Crippen LogP contribution in [0.3, 0.4) is 0 Å². The molecule has 0 aliphatic carbocycles. The van der Waals surface area contributed by atoms with Gasteiger partial charge in [0.05, 0.1) is 6.42 Å². The van der Waals surface area contributed by atoms with Gasteiger partial charge in [0.1, 0.15) is 0 Å². The maximum absolute atomic E-state index is 12.4. The van der Waals surface area contributed by atoms with E-state index in [0.29, 0.717) is 6.42 Å². The third-order valence-electron chi connectivity index (χ3n) is 6.16. The molecule has 0 radical (unpaired) electrons. The van der Waals surface area contributed by atoms with Gasteiger partial charge in [-0.1, -0.05) is 48.5 Å². The van der Waals surface area contributed by atoms with E-state index in [9.17, 15) is 4.79 Å². The monoisotopic (exact) mass is 389 g/mol. The number of rotatable bonds is 7. The highest BCUT2D eigenvalue weighted by Gasteiger charge is 2.19. The van der Waals surface area contributed by atoms with Gasteiger partial charge in [0.25, 0.3) is 0 Å². The molecular formula is C25H31N3O. The van der Waals surface area contributed by atoms with Crippen molar-refractivity contribution in [3.8, 4) is 0 Å². The summed E-state index contributed by atoms with van der Waals surface area (Å²) in [4.78, 5) is 15.0. The molecule has 1 aliphatic heterocycles. The minimum absolute atomic E-state index is 0.128. The predicted molar refractivity (Wildman–Crippen MR) is 119 cm³/mol. The van der Waals surface area contributed by atoms with Gasteiger partial charge < -0.3 is 9.88 Å². The van der Waals surface area contributed by atoms with Crippen LogP contribution in [0.25, 0.3) is 10.9 Å². The quantitative estimate of drug-likeness (QED) is 0.659. The van der Waals surface area contributed by atoms with Crippen LogP contribution in [0, 0.1) is 5.92 Å². The highest BCUT2D eigenvalue weighted by Crippen LogP contribution is 2.22. The lowest BCUT2D eigenvalue weighted by molar-refractivity contribution is -0.120. The number of nitrogens with zero attached hydrogens (tertiary/aromatic N) is 2. The first-order valence-corrected chi connectivity index (χ1v) is 10.7. The molecule has 0 unspecified atom stereocenters. The van der Waals surface area contributed by atoms with Gasteiger partial charge in [0.15, 0.2) is 0 Å². The number of nitrogens with one attached hydrogen (secondary N) is 1. The number of hydrogen-bond donors (Lipinski definition) is 1. The second-order valence-corrected chi connectivity index (χ2v) is 8.30. The second-order valence-electron chi connectivity index (χ2n) is 8.30. The van der Waals surface area contributed by atoms with E-state index in [1.807, 2.05) is 19.2 Å². The molecule has 2 aromatic carbocycles. The Bertz CT molecular complexity index is 939. The number of benzene rings is 2. The van der Waals surface area contributed by atoms with Crippen molar-refractivity contribution in [2.24, 2.45) is 13.0 Å². The number of likely N-dealkylation sites (tertiary alicyclic amines) is 1. The Kier molecular flexibility index (Phi) is 6.30. The fraction of sp³-hybridized carbons (Fsp3) is 0.400. The van der Waals surface area contributed by atoms with Crippen LogP contribution in [0.15, 0.2) is 60.8 Å². The van der Waals surface area contributed by atoms with Crippen LogP contribution in [0.4, 0.5) is 0 Å². The smallest absolute Gasteiger partial charge is 0.224 e. The second kappa shape index (κ2) is 9.27. The number of aromatic nitrogens is 1. The summed E-state index contributed by atoms with van der Waals surface area (Å²) >= 11 is 0. The minimum Gasteiger partial charge on any atom is -0.356 e. The van der Waals surface area contributed by atoms with Gasteiger partial charge >= 0.3 is 0 Å². The van der Waals surface area contributed by atoms with Gasteiger partial charge in [-0.2, -0.15) is 0 Å². The van der Waals surface area contributed by atoms with E-state index in [-0.39, 0.29) is 5.91 Å². The number of aryl methyl sites for hydroxylation is 1. The van der Waals surface area contributed by atoms with E-state index in [1.165, 1.54) is 29.3 Å². The third kappa shape index (κ3) is 5.07. The van der Waals surface area contributed by atoms with Gasteiger partial charge in [-0.05, 0) is 55.5 Å². The number of para-hydroxylation sites is 1. The number of hydrogen-bond acceptors (Lipinski definition) is 2. The molecule has 3 aromatic rings. The lowest BCUT2D eigenvalue weighted by Crippen LogP contribution is -2.35. The third-order valence-corrected chi connectivity index (χ3v) is 6.16. The SMILES string of the molecule is Cn1cc(CC(=O)NCCC2CCN(Cc3ccccc3)CC2)c2ccccc21. The largest absolute Gasteiger partial charge is 0.356 e. The van der Waals surface area contributed by atoms with Crippen molar-refractivity contribution in [2.45, 2.75) is 32.2 Å². The molecule has 152 valence electrons. The number of fused-ring (bicyclic) bond motifs is 1. The first kappa shape index (κ1) is 19.7. The van der Waals surface area contributed by atoms with Crippen molar-refractivity contribution in [1.29, 1.82) is 0 Å². The van der Waals surface area contributed by atoms with Crippen molar-refractivity contribution in [1.82, 2.24) is 14.8 Å². The molecule has 1 aromatic heterocycles. The van der Waals surface area contributed by atoms with Gasteiger partial charge in [0.2, 0.25) is 5.91 Å². The first-order valence-electron chi connectivity index (χ1n) is 10.7. The van der Waals surface area contributed by atoms with E-state index < -0.39 is 0 Å². The maximum Gasteiger partial charge on any atom is 0.224 e. The molecule has 0 spiro atoms. The van der Waals surface area contributed by atoms with E-state index >= 15 is 0 Å². The summed E-state index contributed by atoms with van der Waals surface area (Å²) < 4.78 is 2.10. The molecule has 0 bridgehead atoms. The Balaban J connectivity index is 1.18. The van der Waals surface area contributed by atoms with Crippen LogP contribution in [-0.2, 0) is 24.8 Å². The average Bonchev–Trinajstić information content (AvgIpc) is 3.06. The molecule has 4 nitrogen and oxygen atoms in total. The molecule has 1 fully saturated rings. The summed E-state index contributed by atoms with van der Waals surface area (Å²) in [7, 11) is 2.04. The molecule has 0 atom stereocenters. The number of carbonyl (C=O) groups is 1. The zero-order chi connectivity index (χ0) is 20.1. The Hall–Kier alpha value is -2.59. The van der Waals surface area contributed by atoms with Gasteiger partial charge in [-0.3, -0.25) is 9.69 Å². The van der Waals surface area contributed by atoms with Crippen molar-refractivity contribution in [3.05, 3.63) is 71.9 Å². The fourth-order valence-electron chi connectivity index (χ4n) is 4.49. The molecule has 4 rings (SSSR count). The van der Waals surface area contributed by atoms with E-state index in [2.05, 4.69) is 63.4 Å². The maximum atomic E-state index is 12.4. The standard InChI is InChI=1S/C25H31N3O/c1-27-19-22(23-9-5-6-10-24(23)27)17-25(29)26-14-11-20-12-15-28(16-13-20)18-21-7-3-2-4-8-21/h2-10,19-20H,11-18H2,1H3,(H,26,29). The van der Waals surface area contributed by atoms with Crippen LogP contribution in [0.5, 0.6) is 0 Å². The van der Waals surface area contributed by atoms with Crippen molar-refractivity contribution >= 4 is 16.8 Å². The van der Waals surface area contributed by atoms with E-state index in [4.69, 9.17) is 0 Å². The number of amides is 1. The lowest BCUT2D eigenvalue weighted by Gasteiger charge is -2.32. The molecular weight excluding hydrogens is 358 g/mol. The van der Waals surface area contributed by atoms with Gasteiger partial charge in [-0.15, -0.1) is 0 Å². The highest BCUT2D eigenvalue weighted by molar-refractivity contribution is 5.89. The molecule has 29 heavy (non-hydrogen) atoms. The predicted octanol–water partition coefficient (Wildman–Crippen LogP) is 4.14. The van der Waals surface area contributed by atoms with Crippen LogP contribution in [-0.4, -0.2) is 35.0 Å². The summed E-state index contributed by atoms with van der Waals surface area (Å²) in [6.45, 7) is 4.15.